The van der Waals surface area contributed by atoms with Crippen molar-refractivity contribution in [3.63, 3.8) is 0 Å². The van der Waals surface area contributed by atoms with E-state index in [4.69, 9.17) is 23.2 Å². The molecule has 1 aliphatic heterocycles. The van der Waals surface area contributed by atoms with Crippen LogP contribution in [0, 0.1) is 5.41 Å². The highest BCUT2D eigenvalue weighted by molar-refractivity contribution is 7.90. The van der Waals surface area contributed by atoms with Gasteiger partial charge in [0.2, 0.25) is 15.9 Å². The first-order valence-corrected chi connectivity index (χ1v) is 14.9. The maximum atomic E-state index is 14.3. The number of hydrogen-bond donors (Lipinski definition) is 2. The number of piperidine rings is 1. The number of rotatable bonds is 8. The summed E-state index contributed by atoms with van der Waals surface area (Å²) in [6.45, 7) is 7.03. The van der Waals surface area contributed by atoms with Crippen LogP contribution in [-0.2, 0) is 14.8 Å². The number of carbonyl (C=O) groups excluding carboxylic acids is 1. The average Bonchev–Trinajstić information content (AvgIpc) is 2.81. The SMILES string of the molecule is CC[C@@H](C(C)NS(=O)(=O)C(C)C)N1C(=O)[C@]2(C=C(O)C2)C[C@H](c2cccc(Cl)c2)[C@H]1c1ccc(Cl)cc1. The Morgan fingerprint density at radius 1 is 1.08 bits per heavy atom. The van der Waals surface area contributed by atoms with Gasteiger partial charge < -0.3 is 10.0 Å². The summed E-state index contributed by atoms with van der Waals surface area (Å²) in [6, 6.07) is 13.7. The molecule has 1 fully saturated rings. The highest BCUT2D eigenvalue weighted by atomic mass is 35.5. The van der Waals surface area contributed by atoms with Crippen molar-refractivity contribution in [3.05, 3.63) is 81.5 Å². The highest BCUT2D eigenvalue weighted by Gasteiger charge is 2.56. The van der Waals surface area contributed by atoms with Crippen LogP contribution in [0.15, 0.2) is 60.4 Å². The number of aliphatic hydroxyl groups is 1. The summed E-state index contributed by atoms with van der Waals surface area (Å²) in [4.78, 5) is 16.2. The number of benzene rings is 2. The van der Waals surface area contributed by atoms with Gasteiger partial charge in [0, 0.05) is 34.5 Å². The molecule has 1 saturated heterocycles. The van der Waals surface area contributed by atoms with Gasteiger partial charge in [-0.15, -0.1) is 0 Å². The monoisotopic (exact) mass is 564 g/mol. The zero-order chi connectivity index (χ0) is 27.1. The van der Waals surface area contributed by atoms with Crippen molar-refractivity contribution >= 4 is 39.1 Å². The number of likely N-dealkylation sites (tertiary alicyclic amines) is 1. The van der Waals surface area contributed by atoms with Crippen LogP contribution in [0.3, 0.4) is 0 Å². The molecule has 2 N–H and O–H groups in total. The van der Waals surface area contributed by atoms with Gasteiger partial charge in [-0.3, -0.25) is 4.79 Å². The fourth-order valence-electron chi connectivity index (χ4n) is 5.76. The second kappa shape index (κ2) is 10.6. The number of aliphatic hydroxyl groups excluding tert-OH is 1. The lowest BCUT2D eigenvalue weighted by atomic mass is 9.61. The van der Waals surface area contributed by atoms with Crippen LogP contribution in [0.25, 0.3) is 0 Å². The Morgan fingerprint density at radius 2 is 1.73 bits per heavy atom. The molecule has 2 aliphatic rings. The van der Waals surface area contributed by atoms with Crippen LogP contribution in [-0.4, -0.2) is 41.7 Å². The van der Waals surface area contributed by atoms with Crippen LogP contribution in [0.5, 0.6) is 0 Å². The molecule has 2 aromatic carbocycles. The van der Waals surface area contributed by atoms with Gasteiger partial charge in [0.15, 0.2) is 0 Å². The zero-order valence-electron chi connectivity index (χ0n) is 21.5. The third kappa shape index (κ3) is 5.42. The summed E-state index contributed by atoms with van der Waals surface area (Å²) in [7, 11) is -3.57. The normalized spacial score (nSPS) is 25.6. The van der Waals surface area contributed by atoms with E-state index in [1.165, 1.54) is 0 Å². The minimum Gasteiger partial charge on any atom is -0.513 e. The predicted octanol–water partition coefficient (Wildman–Crippen LogP) is 6.38. The van der Waals surface area contributed by atoms with E-state index < -0.39 is 32.8 Å². The fraction of sp³-hybridized carbons (Fsp3) is 0.464. The molecule has 2 aromatic rings. The molecule has 1 aliphatic carbocycles. The summed E-state index contributed by atoms with van der Waals surface area (Å²) in [6.07, 6.45) is 2.96. The van der Waals surface area contributed by atoms with Gasteiger partial charge in [0.05, 0.1) is 22.5 Å². The Morgan fingerprint density at radius 3 is 2.27 bits per heavy atom. The Hall–Kier alpha value is -2.06. The van der Waals surface area contributed by atoms with Crippen LogP contribution < -0.4 is 4.72 Å². The van der Waals surface area contributed by atoms with Gasteiger partial charge in [-0.2, -0.15) is 0 Å². The van der Waals surface area contributed by atoms with E-state index in [9.17, 15) is 18.3 Å². The molecule has 1 amide bonds. The first kappa shape index (κ1) is 28.0. The van der Waals surface area contributed by atoms with E-state index in [1.54, 1.807) is 32.1 Å². The number of halogens is 2. The largest absolute Gasteiger partial charge is 0.513 e. The van der Waals surface area contributed by atoms with Crippen LogP contribution in [0.2, 0.25) is 10.0 Å². The number of allylic oxidation sites excluding steroid dienone is 1. The molecule has 4 rings (SSSR count). The first-order chi connectivity index (χ1) is 17.4. The molecule has 1 heterocycles. The zero-order valence-corrected chi connectivity index (χ0v) is 23.8. The molecule has 0 bridgehead atoms. The standard InChI is InChI=1S/C28H34Cl2N2O4S/c1-5-25(18(4)31-37(35,36)17(2)3)32-26(19-9-11-21(29)12-10-19)24(20-7-6-8-22(30)13-20)16-28(27(32)34)14-23(33)15-28/h6-14,17-18,24-26,31,33H,5,15-16H2,1-4H3/t18?,24-,25+,26-,28+/m1/s1. The number of sulfonamides is 1. The molecule has 37 heavy (non-hydrogen) atoms. The predicted molar refractivity (Wildman–Crippen MR) is 148 cm³/mol. The topological polar surface area (TPSA) is 86.7 Å². The van der Waals surface area contributed by atoms with Crippen molar-refractivity contribution in [3.8, 4) is 0 Å². The van der Waals surface area contributed by atoms with E-state index in [1.807, 2.05) is 55.1 Å². The molecule has 5 atom stereocenters. The van der Waals surface area contributed by atoms with Gasteiger partial charge in [-0.25, -0.2) is 13.1 Å². The van der Waals surface area contributed by atoms with Crippen LogP contribution >= 0.6 is 23.2 Å². The summed E-state index contributed by atoms with van der Waals surface area (Å²) in [5.41, 5.74) is 1.03. The molecular formula is C28H34Cl2N2O4S. The number of nitrogens with one attached hydrogen (secondary N) is 1. The molecular weight excluding hydrogens is 531 g/mol. The van der Waals surface area contributed by atoms with Gasteiger partial charge >= 0.3 is 0 Å². The van der Waals surface area contributed by atoms with Crippen LogP contribution in [0.4, 0.5) is 0 Å². The van der Waals surface area contributed by atoms with Crippen molar-refractivity contribution in [2.75, 3.05) is 0 Å². The van der Waals surface area contributed by atoms with E-state index >= 15 is 0 Å². The molecule has 1 unspecified atom stereocenters. The smallest absolute Gasteiger partial charge is 0.234 e. The Bertz CT molecular complexity index is 1300. The lowest BCUT2D eigenvalue weighted by molar-refractivity contribution is -0.155. The highest BCUT2D eigenvalue weighted by Crippen LogP contribution is 2.57. The van der Waals surface area contributed by atoms with Crippen molar-refractivity contribution in [1.82, 2.24) is 9.62 Å². The first-order valence-electron chi connectivity index (χ1n) is 12.6. The maximum absolute atomic E-state index is 14.3. The van der Waals surface area contributed by atoms with Gasteiger partial charge in [-0.1, -0.05) is 54.4 Å². The van der Waals surface area contributed by atoms with E-state index in [0.29, 0.717) is 22.9 Å². The van der Waals surface area contributed by atoms with Gasteiger partial charge in [0.25, 0.3) is 0 Å². The third-order valence-electron chi connectivity index (χ3n) is 7.68. The lowest BCUT2D eigenvalue weighted by Gasteiger charge is -2.55. The lowest BCUT2D eigenvalue weighted by Crippen LogP contribution is -2.62. The molecule has 0 aromatic heterocycles. The molecule has 9 heteroatoms. The quantitative estimate of drug-likeness (QED) is 0.389. The molecule has 1 spiro atoms. The van der Waals surface area contributed by atoms with Crippen molar-refractivity contribution < 1.29 is 18.3 Å². The number of nitrogens with zero attached hydrogens (tertiary/aromatic N) is 1. The Kier molecular flexibility index (Phi) is 8.01. The summed E-state index contributed by atoms with van der Waals surface area (Å²) < 4.78 is 28.4. The molecule has 0 radical (unpaired) electrons. The fourth-order valence-corrected chi connectivity index (χ4v) is 7.03. The maximum Gasteiger partial charge on any atom is 0.234 e. The summed E-state index contributed by atoms with van der Waals surface area (Å²) in [5, 5.41) is 10.7. The molecule has 0 saturated carbocycles. The Labute approximate surface area is 229 Å². The van der Waals surface area contributed by atoms with Crippen molar-refractivity contribution in [1.29, 1.82) is 0 Å². The number of hydrogen-bond acceptors (Lipinski definition) is 4. The molecule has 200 valence electrons. The summed E-state index contributed by atoms with van der Waals surface area (Å²) in [5.74, 6) is -0.0550. The van der Waals surface area contributed by atoms with E-state index in [0.717, 1.165) is 11.1 Å². The minimum atomic E-state index is -3.57. The second-order valence-corrected chi connectivity index (χ2v) is 13.7. The minimum absolute atomic E-state index is 0.106. The second-order valence-electron chi connectivity index (χ2n) is 10.5. The summed E-state index contributed by atoms with van der Waals surface area (Å²) >= 11 is 12.6. The van der Waals surface area contributed by atoms with E-state index in [2.05, 4.69) is 4.72 Å². The van der Waals surface area contributed by atoms with Crippen molar-refractivity contribution in [2.45, 2.75) is 76.3 Å². The third-order valence-corrected chi connectivity index (χ3v) is 10.1. The van der Waals surface area contributed by atoms with Crippen LogP contribution in [0.1, 0.15) is 70.0 Å². The van der Waals surface area contributed by atoms with Gasteiger partial charge in [0.1, 0.15) is 0 Å². The number of carbonyl (C=O) groups is 1. The van der Waals surface area contributed by atoms with Gasteiger partial charge in [-0.05, 0) is 75.1 Å². The van der Waals surface area contributed by atoms with Crippen molar-refractivity contribution in [2.24, 2.45) is 5.41 Å². The average molecular weight is 566 g/mol. The van der Waals surface area contributed by atoms with E-state index in [-0.39, 0.29) is 30.0 Å². The Balaban J connectivity index is 1.88. The molecule has 6 nitrogen and oxygen atoms in total. The number of amides is 1.